The van der Waals surface area contributed by atoms with E-state index < -0.39 is 15.8 Å². The second-order valence-electron chi connectivity index (χ2n) is 4.19. The molecule has 0 unspecified atom stereocenters. The fraction of sp³-hybridized carbons (Fsp3) is 0.0769. The first-order valence-corrected chi connectivity index (χ1v) is 8.06. The largest absolute Gasteiger partial charge is 0.478 e. The Morgan fingerprint density at radius 3 is 2.52 bits per heavy atom. The summed E-state index contributed by atoms with van der Waals surface area (Å²) in [7, 11) is -3.81. The zero-order chi connectivity index (χ0) is 15.6. The van der Waals surface area contributed by atoms with Gasteiger partial charge in [-0.15, -0.1) is 0 Å². The van der Waals surface area contributed by atoms with Crippen LogP contribution >= 0.6 is 23.2 Å². The van der Waals surface area contributed by atoms with Gasteiger partial charge in [0.25, 0.3) is 0 Å². The summed E-state index contributed by atoms with van der Waals surface area (Å²) in [4.78, 5) is 14.6. The summed E-state index contributed by atoms with van der Waals surface area (Å²) in [5.74, 6) is -1.66. The van der Waals surface area contributed by atoms with Gasteiger partial charge >= 0.3 is 5.97 Å². The van der Waals surface area contributed by atoms with Gasteiger partial charge in [0.15, 0.2) is 9.84 Å². The summed E-state index contributed by atoms with van der Waals surface area (Å²) in [6, 6.07) is 5.30. The van der Waals surface area contributed by atoms with Crippen LogP contribution < -0.4 is 0 Å². The fourth-order valence-electron chi connectivity index (χ4n) is 1.71. The van der Waals surface area contributed by atoms with E-state index in [4.69, 9.17) is 28.3 Å². The average Bonchev–Trinajstić information content (AvgIpc) is 2.38. The van der Waals surface area contributed by atoms with Crippen molar-refractivity contribution in [3.05, 3.63) is 57.8 Å². The Morgan fingerprint density at radius 2 is 1.95 bits per heavy atom. The molecule has 0 aliphatic carbocycles. The Balaban J connectivity index is 2.50. The Bertz CT molecular complexity index is 791. The van der Waals surface area contributed by atoms with Gasteiger partial charge in [0.2, 0.25) is 0 Å². The minimum Gasteiger partial charge on any atom is -0.478 e. The lowest BCUT2D eigenvalue weighted by Gasteiger charge is -2.09. The minimum atomic E-state index is -3.81. The smallest absolute Gasteiger partial charge is 0.337 e. The van der Waals surface area contributed by atoms with Gasteiger partial charge in [-0.2, -0.15) is 0 Å². The standard InChI is InChI=1S/C13H9Cl2NO4S/c14-10-5-11(15)12(4-9(10)13(17)18)21(19,20)7-8-2-1-3-16-6-8/h1-6H,7H2,(H,17,18). The van der Waals surface area contributed by atoms with Crippen LogP contribution in [0.15, 0.2) is 41.6 Å². The molecule has 0 fully saturated rings. The maximum Gasteiger partial charge on any atom is 0.337 e. The average molecular weight is 346 g/mol. The highest BCUT2D eigenvalue weighted by Gasteiger charge is 2.23. The summed E-state index contributed by atoms with van der Waals surface area (Å²) in [6.45, 7) is 0. The van der Waals surface area contributed by atoms with E-state index in [2.05, 4.69) is 4.98 Å². The van der Waals surface area contributed by atoms with E-state index in [-0.39, 0.29) is 26.3 Å². The molecule has 0 amide bonds. The van der Waals surface area contributed by atoms with Crippen molar-refractivity contribution in [1.82, 2.24) is 4.98 Å². The van der Waals surface area contributed by atoms with Crippen LogP contribution in [-0.4, -0.2) is 24.5 Å². The van der Waals surface area contributed by atoms with E-state index in [0.717, 1.165) is 12.1 Å². The highest BCUT2D eigenvalue weighted by Crippen LogP contribution is 2.30. The predicted octanol–water partition coefficient (Wildman–Crippen LogP) is 3.06. The number of carboxylic acids is 1. The van der Waals surface area contributed by atoms with Gasteiger partial charge in [0.1, 0.15) is 0 Å². The van der Waals surface area contributed by atoms with Crippen molar-refractivity contribution < 1.29 is 18.3 Å². The predicted molar refractivity (Wildman–Crippen MR) is 78.5 cm³/mol. The van der Waals surface area contributed by atoms with Crippen LogP contribution in [0.3, 0.4) is 0 Å². The number of hydrogen-bond acceptors (Lipinski definition) is 4. The van der Waals surface area contributed by atoms with E-state index in [1.54, 1.807) is 12.1 Å². The molecule has 21 heavy (non-hydrogen) atoms. The number of sulfone groups is 1. The number of aromatic nitrogens is 1. The molecule has 2 rings (SSSR count). The lowest BCUT2D eigenvalue weighted by Crippen LogP contribution is -2.08. The maximum atomic E-state index is 12.4. The Labute approximate surface area is 131 Å². The van der Waals surface area contributed by atoms with Gasteiger partial charge in [-0.25, -0.2) is 13.2 Å². The molecule has 0 atom stereocenters. The summed E-state index contributed by atoms with van der Waals surface area (Å²) in [5, 5.41) is 8.77. The van der Waals surface area contributed by atoms with Gasteiger partial charge in [0, 0.05) is 12.4 Å². The molecule has 0 aliphatic heterocycles. The normalized spacial score (nSPS) is 11.3. The van der Waals surface area contributed by atoms with Gasteiger partial charge in [-0.05, 0) is 23.8 Å². The molecule has 5 nitrogen and oxygen atoms in total. The molecule has 8 heteroatoms. The minimum absolute atomic E-state index is 0.117. The third kappa shape index (κ3) is 3.53. The van der Waals surface area contributed by atoms with Crippen LogP contribution in [0.5, 0.6) is 0 Å². The topological polar surface area (TPSA) is 84.3 Å². The Morgan fingerprint density at radius 1 is 1.24 bits per heavy atom. The van der Waals surface area contributed by atoms with Crippen molar-refractivity contribution in [3.63, 3.8) is 0 Å². The molecular formula is C13H9Cl2NO4S. The first-order valence-electron chi connectivity index (χ1n) is 5.65. The number of halogens is 2. The van der Waals surface area contributed by atoms with Crippen LogP contribution in [0, 0.1) is 0 Å². The molecular weight excluding hydrogens is 337 g/mol. The molecule has 1 aromatic heterocycles. The lowest BCUT2D eigenvalue weighted by atomic mass is 10.2. The van der Waals surface area contributed by atoms with Crippen molar-refractivity contribution in [2.45, 2.75) is 10.6 Å². The molecule has 110 valence electrons. The molecule has 0 spiro atoms. The van der Waals surface area contributed by atoms with Crippen LogP contribution in [0.4, 0.5) is 0 Å². The number of benzene rings is 1. The molecule has 1 N–H and O–H groups in total. The second kappa shape index (κ2) is 6.01. The van der Waals surface area contributed by atoms with Gasteiger partial charge in [-0.3, -0.25) is 4.98 Å². The van der Waals surface area contributed by atoms with Crippen LogP contribution in [0.25, 0.3) is 0 Å². The highest BCUT2D eigenvalue weighted by molar-refractivity contribution is 7.90. The molecule has 0 saturated heterocycles. The van der Waals surface area contributed by atoms with Gasteiger partial charge < -0.3 is 5.11 Å². The zero-order valence-electron chi connectivity index (χ0n) is 10.5. The number of hydrogen-bond donors (Lipinski definition) is 1. The van der Waals surface area contributed by atoms with E-state index in [1.807, 2.05) is 0 Å². The number of carbonyl (C=O) groups is 1. The van der Waals surface area contributed by atoms with Crippen LogP contribution in [0.2, 0.25) is 10.0 Å². The van der Waals surface area contributed by atoms with Crippen molar-refractivity contribution in [3.8, 4) is 0 Å². The van der Waals surface area contributed by atoms with E-state index in [9.17, 15) is 13.2 Å². The van der Waals surface area contributed by atoms with Crippen LogP contribution in [0.1, 0.15) is 15.9 Å². The summed E-state index contributed by atoms with van der Waals surface area (Å²) in [6.07, 6.45) is 2.94. The summed E-state index contributed by atoms with van der Waals surface area (Å²) in [5.41, 5.74) is 0.159. The third-order valence-corrected chi connectivity index (χ3v) is 5.13. The maximum absolute atomic E-state index is 12.4. The molecule has 0 bridgehead atoms. The first-order chi connectivity index (χ1) is 9.81. The number of carboxylic acid groups (broad SMARTS) is 1. The third-order valence-electron chi connectivity index (χ3n) is 2.67. The zero-order valence-corrected chi connectivity index (χ0v) is 12.8. The number of rotatable bonds is 4. The van der Waals surface area contributed by atoms with E-state index in [0.29, 0.717) is 5.56 Å². The lowest BCUT2D eigenvalue weighted by molar-refractivity contribution is 0.0697. The van der Waals surface area contributed by atoms with Crippen molar-refractivity contribution in [1.29, 1.82) is 0 Å². The first kappa shape index (κ1) is 15.8. The van der Waals surface area contributed by atoms with Crippen molar-refractivity contribution in [2.75, 3.05) is 0 Å². The second-order valence-corrected chi connectivity index (χ2v) is 6.96. The molecule has 0 radical (unpaired) electrons. The van der Waals surface area contributed by atoms with Gasteiger partial charge in [-0.1, -0.05) is 29.3 Å². The monoisotopic (exact) mass is 345 g/mol. The number of aromatic carboxylic acids is 1. The molecule has 2 aromatic rings. The van der Waals surface area contributed by atoms with E-state index >= 15 is 0 Å². The van der Waals surface area contributed by atoms with Crippen molar-refractivity contribution in [2.24, 2.45) is 0 Å². The molecule has 1 aromatic carbocycles. The fourth-order valence-corrected chi connectivity index (χ4v) is 3.95. The summed E-state index contributed by atoms with van der Waals surface area (Å²) < 4.78 is 24.7. The van der Waals surface area contributed by atoms with Crippen LogP contribution in [-0.2, 0) is 15.6 Å². The van der Waals surface area contributed by atoms with E-state index in [1.165, 1.54) is 12.4 Å². The molecule has 0 aliphatic rings. The molecule has 0 saturated carbocycles. The number of nitrogens with zero attached hydrogens (tertiary/aromatic N) is 1. The quantitative estimate of drug-likeness (QED) is 0.920. The Kier molecular flexibility index (Phi) is 4.51. The number of pyridine rings is 1. The Hall–Kier alpha value is -1.63. The highest BCUT2D eigenvalue weighted by atomic mass is 35.5. The SMILES string of the molecule is O=C(O)c1cc(S(=O)(=O)Cc2cccnc2)c(Cl)cc1Cl. The summed E-state index contributed by atoms with van der Waals surface area (Å²) >= 11 is 11.6. The van der Waals surface area contributed by atoms with Crippen molar-refractivity contribution >= 4 is 39.0 Å². The molecule has 1 heterocycles. The van der Waals surface area contributed by atoms with Gasteiger partial charge in [0.05, 0.1) is 26.3 Å².